The number of thioether (sulfide) groups is 1. The molecule has 2 heterocycles. The summed E-state index contributed by atoms with van der Waals surface area (Å²) in [5.74, 6) is 0.111. The van der Waals surface area contributed by atoms with E-state index in [2.05, 4.69) is 21.9 Å². The Balaban J connectivity index is 2.18. The third-order valence-corrected chi connectivity index (χ3v) is 5.06. The summed E-state index contributed by atoms with van der Waals surface area (Å²) >= 11 is 1.39. The van der Waals surface area contributed by atoms with Crippen LogP contribution in [0.25, 0.3) is 0 Å². The number of carbonyl (C=O) groups excluding carboxylic acids is 1. The molecule has 0 saturated heterocycles. The number of anilines is 1. The van der Waals surface area contributed by atoms with Crippen molar-refractivity contribution >= 4 is 23.5 Å². The van der Waals surface area contributed by atoms with Crippen molar-refractivity contribution in [3.05, 3.63) is 75.7 Å². The van der Waals surface area contributed by atoms with Crippen LogP contribution in [0.4, 0.5) is 5.82 Å². The van der Waals surface area contributed by atoms with E-state index in [0.29, 0.717) is 33.6 Å². The summed E-state index contributed by atoms with van der Waals surface area (Å²) in [6.45, 7) is 7.49. The number of esters is 1. The first-order valence-electron chi connectivity index (χ1n) is 8.64. The number of hydrogen-bond acceptors (Lipinski definition) is 6. The van der Waals surface area contributed by atoms with Gasteiger partial charge in [0, 0.05) is 11.4 Å². The molecule has 3 rings (SSSR count). The van der Waals surface area contributed by atoms with E-state index in [1.165, 1.54) is 11.8 Å². The molecule has 0 amide bonds. The molecule has 0 fully saturated rings. The van der Waals surface area contributed by atoms with Gasteiger partial charge in [-0.2, -0.15) is 0 Å². The summed E-state index contributed by atoms with van der Waals surface area (Å²) in [6, 6.07) is 9.44. The molecule has 1 aromatic heterocycles. The zero-order chi connectivity index (χ0) is 19.4. The summed E-state index contributed by atoms with van der Waals surface area (Å²) in [4.78, 5) is 32.9. The van der Waals surface area contributed by atoms with Gasteiger partial charge in [0.15, 0.2) is 5.16 Å². The van der Waals surface area contributed by atoms with Crippen molar-refractivity contribution < 1.29 is 9.53 Å². The van der Waals surface area contributed by atoms with Gasteiger partial charge in [-0.25, -0.2) is 9.78 Å². The van der Waals surface area contributed by atoms with Crippen molar-refractivity contribution in [3.8, 4) is 0 Å². The second-order valence-electron chi connectivity index (χ2n) is 5.96. The molecule has 0 unspecified atom stereocenters. The van der Waals surface area contributed by atoms with Crippen LogP contribution >= 0.6 is 11.8 Å². The molecular weight excluding hydrogens is 362 g/mol. The number of rotatable bonds is 6. The molecule has 1 aromatic carbocycles. The summed E-state index contributed by atoms with van der Waals surface area (Å²) in [5.41, 5.74) is 2.03. The minimum Gasteiger partial charge on any atom is -0.463 e. The molecule has 0 saturated carbocycles. The van der Waals surface area contributed by atoms with Crippen molar-refractivity contribution in [1.29, 1.82) is 0 Å². The van der Waals surface area contributed by atoms with Crippen LogP contribution in [-0.4, -0.2) is 28.3 Å². The van der Waals surface area contributed by atoms with E-state index in [0.717, 1.165) is 5.56 Å². The molecule has 2 N–H and O–H groups in total. The molecule has 0 aliphatic carbocycles. The maximum absolute atomic E-state index is 12.9. The fraction of sp³-hybridized carbons (Fsp3) is 0.250. The number of fused-ring (bicyclic) bond motifs is 1. The van der Waals surface area contributed by atoms with Crippen molar-refractivity contribution in [2.45, 2.75) is 24.9 Å². The van der Waals surface area contributed by atoms with Crippen molar-refractivity contribution in [3.63, 3.8) is 0 Å². The lowest BCUT2D eigenvalue weighted by atomic mass is 9.82. The number of allylic oxidation sites excluding steroid dienone is 1. The zero-order valence-electron chi connectivity index (χ0n) is 15.2. The third kappa shape index (κ3) is 3.83. The van der Waals surface area contributed by atoms with Crippen LogP contribution in [0.15, 0.2) is 64.2 Å². The maximum atomic E-state index is 12.9. The number of carbonyl (C=O) groups is 1. The van der Waals surface area contributed by atoms with Gasteiger partial charge in [-0.05, 0) is 19.4 Å². The first-order chi connectivity index (χ1) is 13.1. The number of hydrogen-bond donors (Lipinski definition) is 2. The molecule has 0 spiro atoms. The lowest BCUT2D eigenvalue weighted by molar-refractivity contribution is -0.138. The van der Waals surface area contributed by atoms with Gasteiger partial charge in [0.1, 0.15) is 5.82 Å². The van der Waals surface area contributed by atoms with E-state index in [4.69, 9.17) is 4.74 Å². The van der Waals surface area contributed by atoms with Gasteiger partial charge in [-0.3, -0.25) is 4.79 Å². The summed E-state index contributed by atoms with van der Waals surface area (Å²) in [6.07, 6.45) is 1.74. The molecule has 0 bridgehead atoms. The highest BCUT2D eigenvalue weighted by Gasteiger charge is 2.36. The Morgan fingerprint density at radius 2 is 2.11 bits per heavy atom. The van der Waals surface area contributed by atoms with Crippen LogP contribution in [0.3, 0.4) is 0 Å². The smallest absolute Gasteiger partial charge is 0.336 e. The minimum absolute atomic E-state index is 0.260. The van der Waals surface area contributed by atoms with Gasteiger partial charge in [-0.15, -0.1) is 6.58 Å². The first kappa shape index (κ1) is 19.0. The lowest BCUT2D eigenvalue weighted by Gasteiger charge is -2.28. The molecule has 2 aromatic rings. The molecule has 27 heavy (non-hydrogen) atoms. The average molecular weight is 383 g/mol. The van der Waals surface area contributed by atoms with E-state index in [1.54, 1.807) is 19.9 Å². The quantitative estimate of drug-likeness (QED) is 0.344. The molecule has 7 heteroatoms. The normalized spacial score (nSPS) is 15.7. The SMILES string of the molecule is C=CCSc1nc2c(c(=O)[nH]1)[C@H](c1ccccc1)C(C(=O)OCC)=C(C)N2. The standard InChI is InChI=1S/C20H21N3O3S/c1-4-11-27-20-22-17-16(18(24)23-20)15(13-9-7-6-8-10-13)14(12(3)21-17)19(25)26-5-2/h4,6-10,15H,1,5,11H2,2-3H3,(H2,21,22,23,24)/t15-/m1/s1. The Morgan fingerprint density at radius 3 is 2.78 bits per heavy atom. The van der Waals surface area contributed by atoms with Gasteiger partial charge in [0.25, 0.3) is 5.56 Å². The molecular formula is C20H21N3O3S. The topological polar surface area (TPSA) is 84.1 Å². The fourth-order valence-corrected chi connectivity index (χ4v) is 3.69. The van der Waals surface area contributed by atoms with Crippen molar-refractivity contribution in [2.75, 3.05) is 17.7 Å². The zero-order valence-corrected chi connectivity index (χ0v) is 16.1. The molecule has 1 atom stereocenters. The van der Waals surface area contributed by atoms with Crippen LogP contribution in [0, 0.1) is 0 Å². The van der Waals surface area contributed by atoms with E-state index in [1.807, 2.05) is 30.3 Å². The van der Waals surface area contributed by atoms with Crippen molar-refractivity contribution in [2.24, 2.45) is 0 Å². The Kier molecular flexibility index (Phi) is 5.81. The predicted octanol–water partition coefficient (Wildman–Crippen LogP) is 3.44. The van der Waals surface area contributed by atoms with Crippen LogP contribution in [-0.2, 0) is 9.53 Å². The van der Waals surface area contributed by atoms with Gasteiger partial charge in [-0.1, -0.05) is 48.2 Å². The number of nitrogens with one attached hydrogen (secondary N) is 2. The van der Waals surface area contributed by atoms with Gasteiger partial charge in [0.2, 0.25) is 0 Å². The van der Waals surface area contributed by atoms with Gasteiger partial charge >= 0.3 is 5.97 Å². The average Bonchev–Trinajstić information content (AvgIpc) is 2.66. The number of H-pyrrole nitrogens is 1. The lowest BCUT2D eigenvalue weighted by Crippen LogP contribution is -2.31. The van der Waals surface area contributed by atoms with Crippen molar-refractivity contribution in [1.82, 2.24) is 9.97 Å². The monoisotopic (exact) mass is 383 g/mol. The summed E-state index contributed by atoms with van der Waals surface area (Å²) < 4.78 is 5.25. The fourth-order valence-electron chi connectivity index (χ4n) is 3.10. The largest absolute Gasteiger partial charge is 0.463 e. The van der Waals surface area contributed by atoms with Crippen LogP contribution < -0.4 is 10.9 Å². The molecule has 140 valence electrons. The predicted molar refractivity (Wildman–Crippen MR) is 107 cm³/mol. The van der Waals surface area contributed by atoms with Crippen LogP contribution in [0.1, 0.15) is 30.9 Å². The minimum atomic E-state index is -0.545. The Labute approximate surface area is 161 Å². The summed E-state index contributed by atoms with van der Waals surface area (Å²) in [7, 11) is 0. The number of aromatic amines is 1. The van der Waals surface area contributed by atoms with E-state index >= 15 is 0 Å². The number of aromatic nitrogens is 2. The number of benzene rings is 1. The van der Waals surface area contributed by atoms with E-state index < -0.39 is 11.9 Å². The van der Waals surface area contributed by atoms with Crippen LogP contribution in [0.5, 0.6) is 0 Å². The molecule has 1 aliphatic heterocycles. The molecule has 6 nitrogen and oxygen atoms in total. The second kappa shape index (κ2) is 8.26. The Bertz CT molecular complexity index is 951. The highest BCUT2D eigenvalue weighted by atomic mass is 32.2. The number of nitrogens with zero attached hydrogens (tertiary/aromatic N) is 1. The Hall–Kier alpha value is -2.80. The first-order valence-corrected chi connectivity index (χ1v) is 9.63. The van der Waals surface area contributed by atoms with E-state index in [9.17, 15) is 9.59 Å². The molecule has 1 aliphatic rings. The maximum Gasteiger partial charge on any atom is 0.336 e. The molecule has 0 radical (unpaired) electrons. The highest BCUT2D eigenvalue weighted by molar-refractivity contribution is 7.99. The van der Waals surface area contributed by atoms with Gasteiger partial charge in [0.05, 0.1) is 23.7 Å². The summed E-state index contributed by atoms with van der Waals surface area (Å²) in [5, 5.41) is 3.62. The van der Waals surface area contributed by atoms with Gasteiger partial charge < -0.3 is 15.0 Å². The second-order valence-corrected chi connectivity index (χ2v) is 6.97. The number of ether oxygens (including phenoxy) is 1. The third-order valence-electron chi connectivity index (χ3n) is 4.19. The highest BCUT2D eigenvalue weighted by Crippen LogP contribution is 2.39. The van der Waals surface area contributed by atoms with Crippen LogP contribution in [0.2, 0.25) is 0 Å². The Morgan fingerprint density at radius 1 is 1.37 bits per heavy atom. The van der Waals surface area contributed by atoms with E-state index in [-0.39, 0.29) is 12.2 Å².